The quantitative estimate of drug-likeness (QED) is 0.321. The first-order chi connectivity index (χ1) is 18.1. The van der Waals surface area contributed by atoms with E-state index in [0.29, 0.717) is 11.1 Å². The normalized spacial score (nSPS) is 11.0. The van der Waals surface area contributed by atoms with Gasteiger partial charge in [-0.05, 0) is 42.7 Å². The van der Waals surface area contributed by atoms with E-state index in [4.69, 9.17) is 0 Å². The lowest BCUT2D eigenvalue weighted by Crippen LogP contribution is -2.28. The van der Waals surface area contributed by atoms with Gasteiger partial charge >= 0.3 is 6.61 Å². The van der Waals surface area contributed by atoms with Crippen LogP contribution in [0.2, 0.25) is 0 Å². The molecule has 12 heteroatoms. The van der Waals surface area contributed by atoms with E-state index in [0.717, 1.165) is 21.8 Å². The monoisotopic (exact) mass is 525 g/mol. The minimum Gasteiger partial charge on any atom is -0.435 e. The molecule has 0 aliphatic carbocycles. The molecule has 0 saturated heterocycles. The molecule has 2 amide bonds. The molecule has 0 unspecified atom stereocenters. The van der Waals surface area contributed by atoms with Crippen molar-refractivity contribution in [1.29, 1.82) is 0 Å². The van der Waals surface area contributed by atoms with E-state index in [2.05, 4.69) is 25.5 Å². The first kappa shape index (κ1) is 26.3. The topological polar surface area (TPSA) is 115 Å². The smallest absolute Gasteiger partial charge is 0.387 e. The fourth-order valence-electron chi connectivity index (χ4n) is 3.82. The Bertz CT molecular complexity index is 1540. The van der Waals surface area contributed by atoms with Gasteiger partial charge in [0.15, 0.2) is 17.2 Å². The molecule has 0 aliphatic heterocycles. The van der Waals surface area contributed by atoms with Crippen molar-refractivity contribution in [1.82, 2.24) is 25.2 Å². The number of carbonyl (C=O) groups excluding carboxylic acids is 3. The minimum atomic E-state index is -2.99. The van der Waals surface area contributed by atoms with Crippen LogP contribution in [0.4, 0.5) is 13.2 Å². The van der Waals surface area contributed by atoms with Gasteiger partial charge < -0.3 is 15.4 Å². The fraction of sp³-hybridized carbons (Fsp3) is 0.192. The molecule has 0 radical (unpaired) electrons. The summed E-state index contributed by atoms with van der Waals surface area (Å²) >= 11 is 0. The van der Waals surface area contributed by atoms with Crippen LogP contribution in [0.25, 0.3) is 5.65 Å². The van der Waals surface area contributed by atoms with Gasteiger partial charge in [0.25, 0.3) is 11.8 Å². The molecular weight excluding hydrogens is 503 g/mol. The summed E-state index contributed by atoms with van der Waals surface area (Å²) in [7, 11) is 0. The lowest BCUT2D eigenvalue weighted by molar-refractivity contribution is -0.0499. The number of aromatic nitrogens is 3. The highest BCUT2D eigenvalue weighted by Crippen LogP contribution is 2.17. The Kier molecular flexibility index (Phi) is 7.70. The lowest BCUT2D eigenvalue weighted by atomic mass is 10.0. The highest BCUT2D eigenvalue weighted by atomic mass is 19.3. The Morgan fingerprint density at radius 3 is 2.39 bits per heavy atom. The number of hydrogen-bond donors (Lipinski definition) is 2. The summed E-state index contributed by atoms with van der Waals surface area (Å²) in [4.78, 5) is 41.4. The zero-order chi connectivity index (χ0) is 27.4. The average Bonchev–Trinajstić information content (AvgIpc) is 3.25. The average molecular weight is 525 g/mol. The molecule has 0 bridgehead atoms. The van der Waals surface area contributed by atoms with Crippen LogP contribution in [-0.2, 0) is 13.1 Å². The number of alkyl halides is 2. The lowest BCUT2D eigenvalue weighted by Gasteiger charge is -2.11. The Hall–Kier alpha value is -4.74. The molecule has 0 saturated carbocycles. The van der Waals surface area contributed by atoms with Crippen molar-refractivity contribution in [3.8, 4) is 5.75 Å². The summed E-state index contributed by atoms with van der Waals surface area (Å²) in [5, 5.41) is 9.10. The number of hydrogen-bond acceptors (Lipinski definition) is 6. The van der Waals surface area contributed by atoms with E-state index in [1.165, 1.54) is 31.2 Å². The Morgan fingerprint density at radius 2 is 1.71 bits per heavy atom. The molecule has 4 rings (SSSR count). The van der Waals surface area contributed by atoms with Crippen molar-refractivity contribution in [3.63, 3.8) is 0 Å². The van der Waals surface area contributed by atoms with Crippen LogP contribution >= 0.6 is 0 Å². The molecule has 38 heavy (non-hydrogen) atoms. The van der Waals surface area contributed by atoms with Crippen LogP contribution in [0.1, 0.15) is 54.9 Å². The van der Waals surface area contributed by atoms with Gasteiger partial charge in [-0.15, -0.1) is 0 Å². The number of ketones is 1. The van der Waals surface area contributed by atoms with E-state index in [-0.39, 0.29) is 41.7 Å². The van der Waals surface area contributed by atoms with E-state index in [1.54, 1.807) is 31.2 Å². The third-order valence-electron chi connectivity index (χ3n) is 5.59. The predicted molar refractivity (Wildman–Crippen MR) is 130 cm³/mol. The van der Waals surface area contributed by atoms with Gasteiger partial charge in [-0.2, -0.15) is 13.9 Å². The van der Waals surface area contributed by atoms with Crippen LogP contribution in [-0.4, -0.2) is 38.8 Å². The molecule has 9 nitrogen and oxygen atoms in total. The second kappa shape index (κ2) is 11.1. The van der Waals surface area contributed by atoms with Crippen LogP contribution in [0.3, 0.4) is 0 Å². The number of ether oxygens (including phenoxy) is 1. The second-order valence-corrected chi connectivity index (χ2v) is 8.35. The van der Waals surface area contributed by atoms with E-state index in [9.17, 15) is 27.6 Å². The maximum atomic E-state index is 14.3. The Labute approximate surface area is 214 Å². The van der Waals surface area contributed by atoms with Gasteiger partial charge in [-0.3, -0.25) is 14.4 Å². The Morgan fingerprint density at radius 1 is 1.00 bits per heavy atom. The highest BCUT2D eigenvalue weighted by molar-refractivity contribution is 5.98. The number of aryl methyl sites for hydroxylation is 1. The third kappa shape index (κ3) is 5.97. The van der Waals surface area contributed by atoms with E-state index >= 15 is 0 Å². The zero-order valence-electron chi connectivity index (χ0n) is 20.3. The van der Waals surface area contributed by atoms with Crippen molar-refractivity contribution in [3.05, 3.63) is 94.2 Å². The SMILES string of the molecule is CC(=O)c1ccc(CNC(=O)c2cc(C(=O)NCc3cccc(OC(F)F)c3)nc3c(F)cnn23)cc1C. The molecule has 2 aromatic carbocycles. The van der Waals surface area contributed by atoms with Gasteiger partial charge in [0.05, 0.1) is 6.20 Å². The number of nitrogens with one attached hydrogen (secondary N) is 2. The van der Waals surface area contributed by atoms with Gasteiger partial charge in [0.1, 0.15) is 17.1 Å². The predicted octanol–water partition coefficient (Wildman–Crippen LogP) is 3.84. The summed E-state index contributed by atoms with van der Waals surface area (Å²) in [5.41, 5.74) is 1.83. The number of halogens is 3. The van der Waals surface area contributed by atoms with Crippen LogP contribution in [0.15, 0.2) is 54.7 Å². The molecule has 0 spiro atoms. The summed E-state index contributed by atoms with van der Waals surface area (Å²) in [6.07, 6.45) is 0.874. The van der Waals surface area contributed by atoms with Crippen LogP contribution in [0.5, 0.6) is 5.75 Å². The van der Waals surface area contributed by atoms with Crippen molar-refractivity contribution >= 4 is 23.2 Å². The summed E-state index contributed by atoms with van der Waals surface area (Å²) in [6, 6.07) is 12.1. The third-order valence-corrected chi connectivity index (χ3v) is 5.59. The number of rotatable bonds is 9. The van der Waals surface area contributed by atoms with Gasteiger partial charge in [0.2, 0.25) is 0 Å². The zero-order valence-corrected chi connectivity index (χ0v) is 20.3. The summed E-state index contributed by atoms with van der Waals surface area (Å²) in [6.45, 7) is 0.298. The molecule has 0 fully saturated rings. The first-order valence-electron chi connectivity index (χ1n) is 11.4. The number of benzene rings is 2. The van der Waals surface area contributed by atoms with Crippen molar-refractivity contribution < 1.29 is 32.3 Å². The number of amides is 2. The van der Waals surface area contributed by atoms with Gasteiger partial charge in [-0.1, -0.05) is 30.3 Å². The molecule has 0 atom stereocenters. The van der Waals surface area contributed by atoms with Gasteiger partial charge in [-0.25, -0.2) is 13.9 Å². The molecule has 196 valence electrons. The van der Waals surface area contributed by atoms with Crippen molar-refractivity contribution in [2.75, 3.05) is 0 Å². The summed E-state index contributed by atoms with van der Waals surface area (Å²) < 4.78 is 44.6. The minimum absolute atomic E-state index is 0.0645. The fourth-order valence-corrected chi connectivity index (χ4v) is 3.82. The Balaban J connectivity index is 1.52. The molecule has 2 N–H and O–H groups in total. The van der Waals surface area contributed by atoms with Gasteiger partial charge in [0, 0.05) is 24.7 Å². The number of nitrogens with zero attached hydrogens (tertiary/aromatic N) is 3. The number of fused-ring (bicyclic) bond motifs is 1. The maximum Gasteiger partial charge on any atom is 0.387 e. The highest BCUT2D eigenvalue weighted by Gasteiger charge is 2.20. The molecule has 4 aromatic rings. The second-order valence-electron chi connectivity index (χ2n) is 8.35. The number of carbonyl (C=O) groups is 3. The van der Waals surface area contributed by atoms with Crippen molar-refractivity contribution in [2.24, 2.45) is 0 Å². The standard InChI is InChI=1S/C26H22F3N5O4/c1-14-8-17(6-7-19(14)15(2)35)12-31-25(37)22-10-21(33-23-20(27)13-32-34(22)23)24(36)30-11-16-4-3-5-18(9-16)38-26(28)29/h3-10,13,26H,11-12H2,1-2H3,(H,30,36)(H,31,37). The molecule has 2 aromatic heterocycles. The maximum absolute atomic E-state index is 14.3. The van der Waals surface area contributed by atoms with E-state index in [1.807, 2.05) is 0 Å². The summed E-state index contributed by atoms with van der Waals surface area (Å²) in [5.74, 6) is -2.34. The number of Topliss-reactive ketones (excluding diaryl/α,β-unsaturated/α-hetero) is 1. The van der Waals surface area contributed by atoms with Crippen LogP contribution < -0.4 is 15.4 Å². The largest absolute Gasteiger partial charge is 0.435 e. The first-order valence-corrected chi connectivity index (χ1v) is 11.4. The molecule has 2 heterocycles. The van der Waals surface area contributed by atoms with Crippen LogP contribution in [0, 0.1) is 12.7 Å². The molecular formula is C26H22F3N5O4. The molecule has 0 aliphatic rings. The van der Waals surface area contributed by atoms with Crippen molar-refractivity contribution in [2.45, 2.75) is 33.5 Å². The van der Waals surface area contributed by atoms with E-state index < -0.39 is 24.2 Å².